The fourth-order valence-corrected chi connectivity index (χ4v) is 2.51. The Labute approximate surface area is 116 Å². The molecule has 1 aromatic carbocycles. The summed E-state index contributed by atoms with van der Waals surface area (Å²) in [7, 11) is 4.24. The minimum Gasteiger partial charge on any atom is -0.392 e. The number of hydrogen-bond acceptors (Lipinski definition) is 4. The molecule has 1 aromatic rings. The van der Waals surface area contributed by atoms with Crippen LogP contribution in [0.2, 0.25) is 0 Å². The third-order valence-electron chi connectivity index (χ3n) is 3.74. The summed E-state index contributed by atoms with van der Waals surface area (Å²) >= 11 is 0. The van der Waals surface area contributed by atoms with Crippen LogP contribution in [0.3, 0.4) is 0 Å². The topological polar surface area (TPSA) is 30.0 Å². The third kappa shape index (κ3) is 3.93. The van der Waals surface area contributed by atoms with Crippen LogP contribution in [-0.4, -0.2) is 68.3 Å². The molecule has 0 unspecified atom stereocenters. The Morgan fingerprint density at radius 1 is 1.11 bits per heavy atom. The Morgan fingerprint density at radius 3 is 2.42 bits per heavy atom. The van der Waals surface area contributed by atoms with Gasteiger partial charge in [0.25, 0.3) is 0 Å². The van der Waals surface area contributed by atoms with Gasteiger partial charge in [-0.2, -0.15) is 0 Å². The second kappa shape index (κ2) is 6.89. The molecule has 1 saturated heterocycles. The second-order valence-electron chi connectivity index (χ2n) is 5.42. The summed E-state index contributed by atoms with van der Waals surface area (Å²) in [5.74, 6) is 0. The maximum absolute atomic E-state index is 9.40. The molecule has 0 radical (unpaired) electrons. The van der Waals surface area contributed by atoms with E-state index in [4.69, 9.17) is 0 Å². The highest BCUT2D eigenvalue weighted by atomic mass is 16.3. The van der Waals surface area contributed by atoms with Gasteiger partial charge in [0.15, 0.2) is 0 Å². The lowest BCUT2D eigenvalue weighted by Gasteiger charge is -2.37. The van der Waals surface area contributed by atoms with Crippen molar-refractivity contribution >= 4 is 5.69 Å². The van der Waals surface area contributed by atoms with Gasteiger partial charge in [-0.05, 0) is 20.2 Å². The maximum atomic E-state index is 9.40. The van der Waals surface area contributed by atoms with Gasteiger partial charge in [0.2, 0.25) is 0 Å². The van der Waals surface area contributed by atoms with E-state index in [0.29, 0.717) is 0 Å². The number of piperazine rings is 1. The molecule has 4 nitrogen and oxygen atoms in total. The summed E-state index contributed by atoms with van der Waals surface area (Å²) in [5.41, 5.74) is 2.22. The molecule has 0 amide bonds. The number of para-hydroxylation sites is 1. The molecule has 106 valence electrons. The van der Waals surface area contributed by atoms with Crippen molar-refractivity contribution < 1.29 is 5.11 Å². The summed E-state index contributed by atoms with van der Waals surface area (Å²) in [6.45, 7) is 6.68. The molecule has 1 fully saturated rings. The van der Waals surface area contributed by atoms with Gasteiger partial charge in [0.05, 0.1) is 6.61 Å². The van der Waals surface area contributed by atoms with Crippen molar-refractivity contribution in [2.24, 2.45) is 0 Å². The van der Waals surface area contributed by atoms with Gasteiger partial charge in [0, 0.05) is 50.5 Å². The quantitative estimate of drug-likeness (QED) is 0.853. The van der Waals surface area contributed by atoms with E-state index in [2.05, 4.69) is 34.9 Å². The van der Waals surface area contributed by atoms with E-state index in [0.717, 1.165) is 44.8 Å². The first-order chi connectivity index (χ1) is 9.20. The van der Waals surface area contributed by atoms with Crippen LogP contribution in [0, 0.1) is 0 Å². The van der Waals surface area contributed by atoms with Crippen molar-refractivity contribution in [1.82, 2.24) is 9.80 Å². The summed E-state index contributed by atoms with van der Waals surface area (Å²) < 4.78 is 0. The average molecular weight is 263 g/mol. The van der Waals surface area contributed by atoms with Gasteiger partial charge in [-0.1, -0.05) is 18.2 Å². The van der Waals surface area contributed by atoms with Gasteiger partial charge in [-0.15, -0.1) is 0 Å². The molecule has 0 bridgehead atoms. The van der Waals surface area contributed by atoms with Gasteiger partial charge in [-0.3, -0.25) is 4.90 Å². The smallest absolute Gasteiger partial charge is 0.0702 e. The normalized spacial score (nSPS) is 17.2. The van der Waals surface area contributed by atoms with E-state index in [-0.39, 0.29) is 6.61 Å². The molecule has 0 atom stereocenters. The Bertz CT molecular complexity index is 387. The summed E-state index contributed by atoms with van der Waals surface area (Å²) in [6.07, 6.45) is 0. The first-order valence-corrected chi connectivity index (χ1v) is 7.01. The van der Waals surface area contributed by atoms with Gasteiger partial charge >= 0.3 is 0 Å². The predicted octanol–water partition coefficient (Wildman–Crippen LogP) is 0.862. The van der Waals surface area contributed by atoms with Gasteiger partial charge in [-0.25, -0.2) is 0 Å². The maximum Gasteiger partial charge on any atom is 0.0702 e. The van der Waals surface area contributed by atoms with Crippen LogP contribution in [-0.2, 0) is 6.61 Å². The number of rotatable bonds is 5. The number of likely N-dealkylation sites (N-methyl/N-ethyl adjacent to an activating group) is 1. The molecule has 0 saturated carbocycles. The van der Waals surface area contributed by atoms with E-state index >= 15 is 0 Å². The Hall–Kier alpha value is -1.10. The van der Waals surface area contributed by atoms with Crippen LogP contribution in [0.5, 0.6) is 0 Å². The monoisotopic (exact) mass is 263 g/mol. The van der Waals surface area contributed by atoms with Crippen molar-refractivity contribution in [1.29, 1.82) is 0 Å². The molecule has 0 spiro atoms. The second-order valence-corrected chi connectivity index (χ2v) is 5.42. The Balaban J connectivity index is 1.89. The first-order valence-electron chi connectivity index (χ1n) is 7.01. The van der Waals surface area contributed by atoms with Crippen LogP contribution in [0.4, 0.5) is 5.69 Å². The summed E-state index contributed by atoms with van der Waals surface area (Å²) in [5, 5.41) is 9.40. The van der Waals surface area contributed by atoms with Crippen LogP contribution in [0.1, 0.15) is 5.56 Å². The largest absolute Gasteiger partial charge is 0.392 e. The fourth-order valence-electron chi connectivity index (χ4n) is 2.51. The Morgan fingerprint density at radius 2 is 1.79 bits per heavy atom. The van der Waals surface area contributed by atoms with Crippen molar-refractivity contribution in [3.8, 4) is 0 Å². The van der Waals surface area contributed by atoms with Crippen LogP contribution in [0.15, 0.2) is 24.3 Å². The molecule has 0 aliphatic carbocycles. The Kier molecular flexibility index (Phi) is 5.19. The molecule has 1 aliphatic heterocycles. The molecule has 1 N–H and O–H groups in total. The van der Waals surface area contributed by atoms with E-state index in [1.165, 1.54) is 5.69 Å². The van der Waals surface area contributed by atoms with Crippen LogP contribution in [0.25, 0.3) is 0 Å². The molecule has 1 aliphatic rings. The number of benzene rings is 1. The summed E-state index contributed by atoms with van der Waals surface area (Å²) in [6, 6.07) is 8.16. The van der Waals surface area contributed by atoms with Crippen molar-refractivity contribution in [2.45, 2.75) is 6.61 Å². The number of anilines is 1. The number of hydrogen-bond donors (Lipinski definition) is 1. The van der Waals surface area contributed by atoms with Crippen molar-refractivity contribution in [3.63, 3.8) is 0 Å². The molecular formula is C15H25N3O. The van der Waals surface area contributed by atoms with Gasteiger partial charge < -0.3 is 14.9 Å². The average Bonchev–Trinajstić information content (AvgIpc) is 2.45. The van der Waals surface area contributed by atoms with Crippen LogP contribution >= 0.6 is 0 Å². The molecular weight excluding hydrogens is 238 g/mol. The third-order valence-corrected chi connectivity index (χ3v) is 3.74. The zero-order valence-corrected chi connectivity index (χ0v) is 12.0. The highest BCUT2D eigenvalue weighted by Crippen LogP contribution is 2.21. The van der Waals surface area contributed by atoms with Crippen molar-refractivity contribution in [3.05, 3.63) is 29.8 Å². The minimum atomic E-state index is 0.122. The zero-order valence-electron chi connectivity index (χ0n) is 12.0. The fraction of sp³-hybridized carbons (Fsp3) is 0.600. The molecule has 2 rings (SSSR count). The van der Waals surface area contributed by atoms with Crippen LogP contribution < -0.4 is 4.90 Å². The lowest BCUT2D eigenvalue weighted by Crippen LogP contribution is -2.48. The first kappa shape index (κ1) is 14.3. The van der Waals surface area contributed by atoms with Gasteiger partial charge in [0.1, 0.15) is 0 Å². The van der Waals surface area contributed by atoms with E-state index in [9.17, 15) is 5.11 Å². The highest BCUT2D eigenvalue weighted by molar-refractivity contribution is 5.53. The SMILES string of the molecule is CN(C)CCN1CCN(c2ccccc2CO)CC1. The molecule has 1 heterocycles. The molecule has 0 aromatic heterocycles. The van der Waals surface area contributed by atoms with E-state index in [1.807, 2.05) is 18.2 Å². The molecule has 19 heavy (non-hydrogen) atoms. The predicted molar refractivity (Wildman–Crippen MR) is 79.6 cm³/mol. The number of nitrogens with zero attached hydrogens (tertiary/aromatic N) is 3. The number of aliphatic hydroxyl groups excluding tert-OH is 1. The summed E-state index contributed by atoms with van der Waals surface area (Å²) in [4.78, 5) is 7.13. The minimum absolute atomic E-state index is 0.122. The molecule has 4 heteroatoms. The lowest BCUT2D eigenvalue weighted by molar-refractivity contribution is 0.229. The van der Waals surface area contributed by atoms with E-state index in [1.54, 1.807) is 0 Å². The highest BCUT2D eigenvalue weighted by Gasteiger charge is 2.18. The standard InChI is InChI=1S/C15H25N3O/c1-16(2)7-8-17-9-11-18(12-10-17)15-6-4-3-5-14(15)13-19/h3-6,19H,7-13H2,1-2H3. The zero-order chi connectivity index (χ0) is 13.7. The lowest BCUT2D eigenvalue weighted by atomic mass is 10.1. The number of aliphatic hydroxyl groups is 1. The van der Waals surface area contributed by atoms with Crippen molar-refractivity contribution in [2.75, 3.05) is 58.3 Å². The van der Waals surface area contributed by atoms with E-state index < -0.39 is 0 Å².